The second-order valence-electron chi connectivity index (χ2n) is 7.68. The summed E-state index contributed by atoms with van der Waals surface area (Å²) in [7, 11) is -2.05. The number of aryl methyl sites for hydroxylation is 1. The Balaban J connectivity index is 1.50. The molecule has 0 unspecified atom stereocenters. The Morgan fingerprint density at radius 1 is 1.14 bits per heavy atom. The van der Waals surface area contributed by atoms with Crippen LogP contribution in [0.3, 0.4) is 0 Å². The van der Waals surface area contributed by atoms with Gasteiger partial charge in [-0.1, -0.05) is 18.6 Å². The van der Waals surface area contributed by atoms with Gasteiger partial charge < -0.3 is 9.64 Å². The van der Waals surface area contributed by atoms with E-state index in [0.29, 0.717) is 6.54 Å². The summed E-state index contributed by atoms with van der Waals surface area (Å²) in [5, 5.41) is 0. The van der Waals surface area contributed by atoms with E-state index >= 15 is 0 Å². The molecule has 1 N–H and O–H groups in total. The molecule has 1 amide bonds. The van der Waals surface area contributed by atoms with Crippen molar-refractivity contribution < 1.29 is 17.9 Å². The van der Waals surface area contributed by atoms with E-state index in [0.717, 1.165) is 54.7 Å². The van der Waals surface area contributed by atoms with Gasteiger partial charge in [-0.25, -0.2) is 13.1 Å². The van der Waals surface area contributed by atoms with Crippen LogP contribution in [0.5, 0.6) is 5.75 Å². The first-order valence-corrected chi connectivity index (χ1v) is 11.5. The van der Waals surface area contributed by atoms with Gasteiger partial charge >= 0.3 is 0 Å². The summed E-state index contributed by atoms with van der Waals surface area (Å²) in [5.74, 6) is 1.05. The molecule has 1 aliphatic heterocycles. The fourth-order valence-corrected chi connectivity index (χ4v) is 4.92. The van der Waals surface area contributed by atoms with Gasteiger partial charge in [0.15, 0.2) is 0 Å². The minimum absolute atomic E-state index is 0.135. The van der Waals surface area contributed by atoms with Crippen molar-refractivity contribution in [1.29, 1.82) is 0 Å². The number of anilines is 1. The third-order valence-corrected chi connectivity index (χ3v) is 7.22. The molecule has 0 saturated heterocycles. The van der Waals surface area contributed by atoms with Crippen molar-refractivity contribution in [3.05, 3.63) is 53.6 Å². The second-order valence-corrected chi connectivity index (χ2v) is 9.45. The number of hydrogen-bond donors (Lipinski definition) is 1. The van der Waals surface area contributed by atoms with E-state index in [1.165, 1.54) is 0 Å². The smallest absolute Gasteiger partial charge is 0.240 e. The number of hydrogen-bond acceptors (Lipinski definition) is 4. The van der Waals surface area contributed by atoms with Crippen LogP contribution < -0.4 is 14.4 Å². The van der Waals surface area contributed by atoms with Gasteiger partial charge in [-0.3, -0.25) is 4.79 Å². The molecule has 7 heteroatoms. The van der Waals surface area contributed by atoms with Crippen LogP contribution in [0.25, 0.3) is 0 Å². The van der Waals surface area contributed by atoms with Crippen molar-refractivity contribution in [2.24, 2.45) is 5.92 Å². The van der Waals surface area contributed by atoms with Crippen LogP contribution in [0.15, 0.2) is 47.4 Å². The van der Waals surface area contributed by atoms with Gasteiger partial charge in [-0.2, -0.15) is 0 Å². The summed E-state index contributed by atoms with van der Waals surface area (Å²) < 4.78 is 33.3. The second kappa shape index (κ2) is 8.16. The molecular formula is C22H26N2O4S. The quantitative estimate of drug-likeness (QED) is 0.787. The van der Waals surface area contributed by atoms with Gasteiger partial charge in [0.25, 0.3) is 0 Å². The predicted molar refractivity (Wildman–Crippen MR) is 111 cm³/mol. The molecule has 2 aliphatic rings. The molecule has 2 aromatic carbocycles. The van der Waals surface area contributed by atoms with Crippen LogP contribution >= 0.6 is 0 Å². The van der Waals surface area contributed by atoms with E-state index in [-0.39, 0.29) is 23.3 Å². The van der Waals surface area contributed by atoms with E-state index < -0.39 is 10.0 Å². The minimum Gasteiger partial charge on any atom is -0.497 e. The highest BCUT2D eigenvalue weighted by molar-refractivity contribution is 7.89. The summed E-state index contributed by atoms with van der Waals surface area (Å²) in [6, 6.07) is 12.4. The number of carbonyl (C=O) groups is 1. The number of nitrogens with one attached hydrogen (secondary N) is 1. The monoisotopic (exact) mass is 414 g/mol. The van der Waals surface area contributed by atoms with Gasteiger partial charge in [0, 0.05) is 24.7 Å². The van der Waals surface area contributed by atoms with Crippen molar-refractivity contribution in [2.45, 2.75) is 43.5 Å². The Morgan fingerprint density at radius 2 is 1.90 bits per heavy atom. The zero-order valence-corrected chi connectivity index (χ0v) is 17.4. The number of ether oxygens (including phenoxy) is 1. The largest absolute Gasteiger partial charge is 0.497 e. The molecule has 1 saturated carbocycles. The van der Waals surface area contributed by atoms with Gasteiger partial charge in [0.1, 0.15) is 5.75 Å². The number of fused-ring (bicyclic) bond motifs is 1. The number of nitrogens with zero attached hydrogens (tertiary/aromatic N) is 1. The first-order valence-electron chi connectivity index (χ1n) is 10.0. The van der Waals surface area contributed by atoms with Crippen molar-refractivity contribution in [2.75, 3.05) is 18.6 Å². The fraction of sp³-hybridized carbons (Fsp3) is 0.409. The number of rotatable bonds is 6. The summed E-state index contributed by atoms with van der Waals surface area (Å²) in [6.07, 6.45) is 4.69. The van der Waals surface area contributed by atoms with E-state index in [1.807, 2.05) is 17.0 Å². The molecule has 1 heterocycles. The Morgan fingerprint density at radius 3 is 2.55 bits per heavy atom. The van der Waals surface area contributed by atoms with Gasteiger partial charge in [-0.15, -0.1) is 0 Å². The zero-order chi connectivity index (χ0) is 20.4. The first-order chi connectivity index (χ1) is 14.0. The molecule has 0 atom stereocenters. The van der Waals surface area contributed by atoms with E-state index in [9.17, 15) is 13.2 Å². The maximum Gasteiger partial charge on any atom is 0.240 e. The Hall–Kier alpha value is -2.38. The van der Waals surface area contributed by atoms with E-state index in [1.54, 1.807) is 37.4 Å². The fourth-order valence-electron chi connectivity index (χ4n) is 3.85. The normalized spacial score (nSPS) is 16.8. The molecule has 4 rings (SSSR count). The number of amides is 1. The maximum absolute atomic E-state index is 12.8. The average Bonchev–Trinajstić information content (AvgIpc) is 2.70. The summed E-state index contributed by atoms with van der Waals surface area (Å²) in [4.78, 5) is 14.8. The van der Waals surface area contributed by atoms with Gasteiger partial charge in [0.2, 0.25) is 15.9 Å². The number of sulfonamides is 1. The molecule has 2 aromatic rings. The molecular weight excluding hydrogens is 388 g/mol. The standard InChI is InChI=1S/C22H26N2O4S/c1-28-19-9-7-16(8-10-19)15-23-29(26,27)20-11-12-21-18(14-20)6-3-13-24(21)22(25)17-4-2-5-17/h7-12,14,17,23H,2-6,13,15H2,1H3. The lowest BCUT2D eigenvalue weighted by Crippen LogP contribution is -2.41. The molecule has 0 bridgehead atoms. The topological polar surface area (TPSA) is 75.7 Å². The number of benzene rings is 2. The van der Waals surface area contributed by atoms with Crippen molar-refractivity contribution >= 4 is 21.6 Å². The third kappa shape index (κ3) is 4.16. The van der Waals surface area contributed by atoms with Crippen LogP contribution in [-0.4, -0.2) is 28.0 Å². The summed E-state index contributed by atoms with van der Waals surface area (Å²) in [6.45, 7) is 0.917. The molecule has 6 nitrogen and oxygen atoms in total. The van der Waals surface area contributed by atoms with Crippen molar-refractivity contribution in [1.82, 2.24) is 4.72 Å². The SMILES string of the molecule is COc1ccc(CNS(=O)(=O)c2ccc3c(c2)CCCN3C(=O)C2CCC2)cc1. The molecule has 154 valence electrons. The average molecular weight is 415 g/mol. The molecule has 29 heavy (non-hydrogen) atoms. The molecule has 0 spiro atoms. The Labute approximate surface area is 171 Å². The van der Waals surface area contributed by atoms with Crippen molar-refractivity contribution in [3.63, 3.8) is 0 Å². The van der Waals surface area contributed by atoms with E-state index in [4.69, 9.17) is 4.74 Å². The lowest BCUT2D eigenvalue weighted by molar-refractivity contribution is -0.124. The highest BCUT2D eigenvalue weighted by Crippen LogP contribution is 2.34. The highest BCUT2D eigenvalue weighted by Gasteiger charge is 2.32. The zero-order valence-electron chi connectivity index (χ0n) is 16.6. The van der Waals surface area contributed by atoms with Crippen LogP contribution in [0, 0.1) is 5.92 Å². The Bertz CT molecular complexity index is 998. The number of methoxy groups -OCH3 is 1. The Kier molecular flexibility index (Phi) is 5.61. The molecule has 1 fully saturated rings. The van der Waals surface area contributed by atoms with Crippen LogP contribution in [0.4, 0.5) is 5.69 Å². The third-order valence-electron chi connectivity index (χ3n) is 5.83. The van der Waals surface area contributed by atoms with Crippen LogP contribution in [-0.2, 0) is 27.8 Å². The van der Waals surface area contributed by atoms with Gasteiger partial charge in [-0.05, 0) is 67.1 Å². The summed E-state index contributed by atoms with van der Waals surface area (Å²) in [5.41, 5.74) is 2.64. The maximum atomic E-state index is 12.8. The summed E-state index contributed by atoms with van der Waals surface area (Å²) >= 11 is 0. The van der Waals surface area contributed by atoms with Gasteiger partial charge in [0.05, 0.1) is 12.0 Å². The first kappa shape index (κ1) is 19.9. The predicted octanol–water partition coefficient (Wildman–Crippen LogP) is 3.25. The van der Waals surface area contributed by atoms with Crippen molar-refractivity contribution in [3.8, 4) is 5.75 Å². The number of carbonyl (C=O) groups excluding carboxylic acids is 1. The lowest BCUT2D eigenvalue weighted by Gasteiger charge is -2.35. The minimum atomic E-state index is -3.64. The molecule has 1 aliphatic carbocycles. The van der Waals surface area contributed by atoms with E-state index in [2.05, 4.69) is 4.72 Å². The molecule has 0 radical (unpaired) electrons. The molecule has 0 aromatic heterocycles. The highest BCUT2D eigenvalue weighted by atomic mass is 32.2. The van der Waals surface area contributed by atoms with Crippen LogP contribution in [0.1, 0.15) is 36.8 Å². The lowest BCUT2D eigenvalue weighted by atomic mass is 9.83. The van der Waals surface area contributed by atoms with Crippen LogP contribution in [0.2, 0.25) is 0 Å².